The van der Waals surface area contributed by atoms with Gasteiger partial charge in [0.2, 0.25) is 5.91 Å². The first kappa shape index (κ1) is 17.6. The molecule has 1 N–H and O–H groups in total. The molecule has 3 nitrogen and oxygen atoms in total. The second-order valence-electron chi connectivity index (χ2n) is 7.51. The summed E-state index contributed by atoms with van der Waals surface area (Å²) in [7, 11) is 0. The van der Waals surface area contributed by atoms with Crippen molar-refractivity contribution in [2.75, 3.05) is 24.7 Å². The fourth-order valence-corrected chi connectivity index (χ4v) is 8.74. The molecule has 2 unspecified atom stereocenters. The molecule has 2 bridgehead atoms. The molecule has 0 aromatic heterocycles. The van der Waals surface area contributed by atoms with E-state index in [4.69, 9.17) is 4.74 Å². The lowest BCUT2D eigenvalue weighted by molar-refractivity contribution is -0.126. The highest BCUT2D eigenvalue weighted by atomic mass is 32.2. The first-order chi connectivity index (χ1) is 12.2. The lowest BCUT2D eigenvalue weighted by atomic mass is 9.79. The van der Waals surface area contributed by atoms with Crippen molar-refractivity contribution in [1.29, 1.82) is 0 Å². The van der Waals surface area contributed by atoms with Crippen LogP contribution in [-0.4, -0.2) is 34.6 Å². The van der Waals surface area contributed by atoms with Crippen LogP contribution in [0.5, 0.6) is 5.75 Å². The van der Waals surface area contributed by atoms with Crippen molar-refractivity contribution < 1.29 is 9.53 Å². The van der Waals surface area contributed by atoms with Gasteiger partial charge < -0.3 is 10.1 Å². The van der Waals surface area contributed by atoms with Gasteiger partial charge in [-0.1, -0.05) is 12.1 Å². The molecule has 3 aliphatic rings. The minimum absolute atomic E-state index is 0.212. The molecular weight excluding hydrogens is 350 g/mol. The second-order valence-corrected chi connectivity index (χ2v) is 10.5. The Labute approximate surface area is 159 Å². The zero-order chi connectivity index (χ0) is 17.3. The number of thioether (sulfide) groups is 2. The maximum absolute atomic E-state index is 12.6. The first-order valence-corrected chi connectivity index (χ1v) is 11.4. The highest BCUT2D eigenvalue weighted by molar-refractivity contribution is 8.21. The molecule has 1 saturated heterocycles. The molecule has 2 aliphatic carbocycles. The van der Waals surface area contributed by atoms with Crippen molar-refractivity contribution in [2.24, 2.45) is 17.8 Å². The van der Waals surface area contributed by atoms with E-state index in [1.807, 2.05) is 18.2 Å². The number of ether oxygens (including phenoxy) is 1. The smallest absolute Gasteiger partial charge is 0.223 e. The van der Waals surface area contributed by atoms with Gasteiger partial charge in [-0.05, 0) is 62.1 Å². The molecule has 5 heteroatoms. The van der Waals surface area contributed by atoms with Crippen molar-refractivity contribution >= 4 is 29.4 Å². The van der Waals surface area contributed by atoms with Gasteiger partial charge in [0.05, 0.1) is 10.6 Å². The molecule has 2 atom stereocenters. The summed E-state index contributed by atoms with van der Waals surface area (Å²) in [6, 6.07) is 8.04. The number of amides is 1. The van der Waals surface area contributed by atoms with Crippen molar-refractivity contribution in [2.45, 2.75) is 36.7 Å². The summed E-state index contributed by atoms with van der Waals surface area (Å²) in [6.07, 6.45) is 4.82. The first-order valence-electron chi connectivity index (χ1n) is 9.42. The number of hydrogen-bond donors (Lipinski definition) is 1. The van der Waals surface area contributed by atoms with Gasteiger partial charge >= 0.3 is 0 Å². The quantitative estimate of drug-likeness (QED) is 0.784. The van der Waals surface area contributed by atoms with Crippen molar-refractivity contribution in [1.82, 2.24) is 5.32 Å². The van der Waals surface area contributed by atoms with Crippen LogP contribution < -0.4 is 10.1 Å². The predicted molar refractivity (Wildman–Crippen MR) is 106 cm³/mol. The number of benzene rings is 1. The number of carbonyl (C=O) groups is 1. The molecular formula is C20H27NO2S2. The van der Waals surface area contributed by atoms with E-state index in [-0.39, 0.29) is 11.8 Å². The van der Waals surface area contributed by atoms with Crippen molar-refractivity contribution in [3.05, 3.63) is 29.8 Å². The van der Waals surface area contributed by atoms with Crippen LogP contribution in [0.25, 0.3) is 0 Å². The zero-order valence-electron chi connectivity index (χ0n) is 14.8. The third kappa shape index (κ3) is 3.55. The van der Waals surface area contributed by atoms with E-state index in [0.29, 0.717) is 17.2 Å². The van der Waals surface area contributed by atoms with E-state index in [1.54, 1.807) is 0 Å². The van der Waals surface area contributed by atoms with Gasteiger partial charge in [0.1, 0.15) is 12.4 Å². The predicted octanol–water partition coefficient (Wildman–Crippen LogP) is 4.10. The van der Waals surface area contributed by atoms with E-state index < -0.39 is 0 Å². The van der Waals surface area contributed by atoms with E-state index in [1.165, 1.54) is 29.9 Å². The Kier molecular flexibility index (Phi) is 5.23. The van der Waals surface area contributed by atoms with Crippen LogP contribution in [-0.2, 0) is 4.79 Å². The molecule has 4 rings (SSSR count). The summed E-state index contributed by atoms with van der Waals surface area (Å²) >= 11 is 4.38. The van der Waals surface area contributed by atoms with Crippen LogP contribution >= 0.6 is 23.5 Å². The molecule has 3 fully saturated rings. The van der Waals surface area contributed by atoms with Gasteiger partial charge in [0.25, 0.3) is 0 Å². The van der Waals surface area contributed by atoms with E-state index in [0.717, 1.165) is 30.4 Å². The average Bonchev–Trinajstić information content (AvgIpc) is 3.14. The summed E-state index contributed by atoms with van der Waals surface area (Å²) in [5, 5.41) is 3.11. The molecule has 1 aromatic carbocycles. The van der Waals surface area contributed by atoms with Crippen LogP contribution in [0.3, 0.4) is 0 Å². The Hall–Kier alpha value is -0.810. The number of aryl methyl sites for hydroxylation is 1. The van der Waals surface area contributed by atoms with Crippen LogP contribution in [0.4, 0.5) is 0 Å². The number of nitrogens with one attached hydrogen (secondary N) is 1. The highest BCUT2D eigenvalue weighted by Crippen LogP contribution is 2.65. The monoisotopic (exact) mass is 377 g/mol. The standard InChI is InChI=1S/C20H27NO2S2/c1-14-3-2-4-18(11-14)23-8-7-21-19(22)15-12-16-5-6-17(13-15)20(16)24-9-10-25-20/h2-4,11,15-17H,5-10,12-13H2,1H3,(H,21,22). The normalized spacial score (nSPS) is 29.7. The molecule has 1 spiro atoms. The molecule has 2 saturated carbocycles. The van der Waals surface area contributed by atoms with E-state index in [9.17, 15) is 4.79 Å². The Balaban J connectivity index is 1.24. The van der Waals surface area contributed by atoms with E-state index in [2.05, 4.69) is 41.8 Å². The largest absolute Gasteiger partial charge is 0.492 e. The van der Waals surface area contributed by atoms with Gasteiger partial charge in [0, 0.05) is 17.4 Å². The van der Waals surface area contributed by atoms with Crippen LogP contribution in [0.1, 0.15) is 31.2 Å². The Bertz CT molecular complexity index is 614. The zero-order valence-corrected chi connectivity index (χ0v) is 16.5. The van der Waals surface area contributed by atoms with Gasteiger partial charge in [-0.3, -0.25) is 4.79 Å². The lowest BCUT2D eigenvalue weighted by Gasteiger charge is -2.42. The number of hydrogen-bond acceptors (Lipinski definition) is 4. The average molecular weight is 378 g/mol. The summed E-state index contributed by atoms with van der Waals surface area (Å²) in [6.45, 7) is 3.18. The maximum atomic E-state index is 12.6. The van der Waals surface area contributed by atoms with Crippen LogP contribution in [0, 0.1) is 24.7 Å². The van der Waals surface area contributed by atoms with E-state index >= 15 is 0 Å². The molecule has 1 amide bonds. The van der Waals surface area contributed by atoms with Gasteiger partial charge in [-0.25, -0.2) is 0 Å². The summed E-state index contributed by atoms with van der Waals surface area (Å²) < 4.78 is 6.20. The molecule has 1 heterocycles. The van der Waals surface area contributed by atoms with Gasteiger partial charge in [0.15, 0.2) is 0 Å². The van der Waals surface area contributed by atoms with Gasteiger partial charge in [-0.15, -0.1) is 23.5 Å². The fourth-order valence-electron chi connectivity index (χ4n) is 4.81. The topological polar surface area (TPSA) is 38.3 Å². The highest BCUT2D eigenvalue weighted by Gasteiger charge is 2.57. The third-order valence-electron chi connectivity index (χ3n) is 5.91. The minimum atomic E-state index is 0.212. The Morgan fingerprint density at radius 3 is 2.64 bits per heavy atom. The lowest BCUT2D eigenvalue weighted by Crippen LogP contribution is -2.43. The fraction of sp³-hybridized carbons (Fsp3) is 0.650. The van der Waals surface area contributed by atoms with Crippen molar-refractivity contribution in [3.8, 4) is 5.75 Å². The maximum Gasteiger partial charge on any atom is 0.223 e. The minimum Gasteiger partial charge on any atom is -0.492 e. The Morgan fingerprint density at radius 2 is 1.96 bits per heavy atom. The molecule has 136 valence electrons. The summed E-state index contributed by atoms with van der Waals surface area (Å²) in [4.78, 5) is 12.6. The van der Waals surface area contributed by atoms with Gasteiger partial charge in [-0.2, -0.15) is 0 Å². The molecule has 1 aliphatic heterocycles. The summed E-state index contributed by atoms with van der Waals surface area (Å²) in [5.74, 6) is 5.40. The second kappa shape index (κ2) is 7.43. The molecule has 1 aromatic rings. The number of rotatable bonds is 5. The SMILES string of the molecule is Cc1cccc(OCCNC(=O)C2CC3CCC(C2)C32SCCS2)c1. The molecule has 25 heavy (non-hydrogen) atoms. The Morgan fingerprint density at radius 1 is 1.24 bits per heavy atom. The molecule has 0 radical (unpaired) electrons. The van der Waals surface area contributed by atoms with Crippen LogP contribution in [0.15, 0.2) is 24.3 Å². The summed E-state index contributed by atoms with van der Waals surface area (Å²) in [5.41, 5.74) is 1.19. The third-order valence-corrected chi connectivity index (χ3v) is 9.93. The van der Waals surface area contributed by atoms with Crippen molar-refractivity contribution in [3.63, 3.8) is 0 Å². The van der Waals surface area contributed by atoms with Crippen LogP contribution in [0.2, 0.25) is 0 Å². The number of carbonyl (C=O) groups excluding carboxylic acids is 1.